The molecule has 28 heavy (non-hydrogen) atoms. The zero-order valence-electron chi connectivity index (χ0n) is 15.9. The van der Waals surface area contributed by atoms with Crippen molar-refractivity contribution in [1.82, 2.24) is 20.4 Å². The predicted molar refractivity (Wildman–Crippen MR) is 105 cm³/mol. The number of nitrogens with one attached hydrogen (secondary N) is 2. The van der Waals surface area contributed by atoms with E-state index in [9.17, 15) is 14.8 Å². The first-order valence-corrected chi connectivity index (χ1v) is 9.53. The molecule has 2 saturated heterocycles. The quantitative estimate of drug-likeness (QED) is 0.178. The Morgan fingerprint density at radius 3 is 2.50 bits per heavy atom. The number of oxime groups is 1. The lowest BCUT2D eigenvalue weighted by Crippen LogP contribution is -2.49. The highest BCUT2D eigenvalue weighted by atomic mass is 16.4. The van der Waals surface area contributed by atoms with Crippen LogP contribution in [-0.4, -0.2) is 71.5 Å². The lowest BCUT2D eigenvalue weighted by atomic mass is 10.1. The molecule has 0 radical (unpaired) electrons. The van der Waals surface area contributed by atoms with Crippen molar-refractivity contribution in [1.29, 1.82) is 0 Å². The second-order valence-corrected chi connectivity index (χ2v) is 6.85. The van der Waals surface area contributed by atoms with Gasteiger partial charge in [0.1, 0.15) is 0 Å². The maximum absolute atomic E-state index is 11.5. The van der Waals surface area contributed by atoms with Gasteiger partial charge in [-0.1, -0.05) is 30.3 Å². The maximum atomic E-state index is 11.5. The molecule has 2 fully saturated rings. The fourth-order valence-electron chi connectivity index (χ4n) is 3.25. The van der Waals surface area contributed by atoms with Crippen LogP contribution in [0.3, 0.4) is 0 Å². The third-order valence-electron chi connectivity index (χ3n) is 4.87. The molecule has 0 unspecified atom stereocenters. The molecule has 0 saturated carbocycles. The average molecular weight is 383 g/mol. The smallest absolute Gasteiger partial charge is 0.322 e. The number of piperazine rings is 1. The largest absolute Gasteiger partial charge is 0.409 e. The molecule has 0 bridgehead atoms. The molecule has 3 rings (SSSR count). The topological polar surface area (TPSA) is 97.3 Å². The van der Waals surface area contributed by atoms with Crippen molar-refractivity contribution in [3.05, 3.63) is 35.4 Å². The van der Waals surface area contributed by atoms with E-state index >= 15 is 0 Å². The van der Waals surface area contributed by atoms with E-state index in [1.165, 1.54) is 12.8 Å². The Hall–Kier alpha value is -3.05. The number of unbranched alkanes of at least 4 members (excludes halogenated alkanes) is 1. The van der Waals surface area contributed by atoms with Crippen LogP contribution < -0.4 is 10.6 Å². The molecular weight excluding hydrogens is 358 g/mol. The van der Waals surface area contributed by atoms with Gasteiger partial charge in [0, 0.05) is 37.3 Å². The summed E-state index contributed by atoms with van der Waals surface area (Å²) in [4.78, 5) is 27.1. The van der Waals surface area contributed by atoms with Crippen LogP contribution in [-0.2, 0) is 4.79 Å². The van der Waals surface area contributed by atoms with E-state index in [4.69, 9.17) is 0 Å². The minimum Gasteiger partial charge on any atom is -0.409 e. The molecule has 2 aliphatic heterocycles. The van der Waals surface area contributed by atoms with E-state index in [2.05, 4.69) is 44.4 Å². The number of amidine groups is 1. The summed E-state index contributed by atoms with van der Waals surface area (Å²) in [7, 11) is 0. The van der Waals surface area contributed by atoms with Gasteiger partial charge in [0.15, 0.2) is 11.9 Å². The van der Waals surface area contributed by atoms with E-state index < -0.39 is 18.0 Å². The van der Waals surface area contributed by atoms with Gasteiger partial charge in [-0.3, -0.25) is 15.0 Å². The van der Waals surface area contributed by atoms with Gasteiger partial charge in [-0.2, -0.15) is 0 Å². The molecular formula is C20H25N5O3. The second-order valence-electron chi connectivity index (χ2n) is 6.85. The van der Waals surface area contributed by atoms with Crippen molar-refractivity contribution < 1.29 is 14.8 Å². The monoisotopic (exact) mass is 383 g/mol. The van der Waals surface area contributed by atoms with E-state index in [1.807, 2.05) is 12.1 Å². The fourth-order valence-corrected chi connectivity index (χ4v) is 3.25. The third-order valence-corrected chi connectivity index (χ3v) is 4.87. The Kier molecular flexibility index (Phi) is 6.50. The summed E-state index contributed by atoms with van der Waals surface area (Å²) in [5.41, 5.74) is 1.52. The van der Waals surface area contributed by atoms with Gasteiger partial charge in [0.2, 0.25) is 0 Å². The molecule has 8 nitrogen and oxygen atoms in total. The first kappa shape index (κ1) is 19.7. The summed E-state index contributed by atoms with van der Waals surface area (Å²) in [6, 6.07) is 5.94. The SMILES string of the molecule is CCCCN1CCN(/C(=N\O)c2ccc(C#C[C@@H]3NC(=O)NC3=O)cc2)CC1. The summed E-state index contributed by atoms with van der Waals surface area (Å²) >= 11 is 0. The third kappa shape index (κ3) is 4.81. The molecule has 148 valence electrons. The molecule has 2 heterocycles. The molecule has 8 heteroatoms. The number of urea groups is 1. The highest BCUT2D eigenvalue weighted by Gasteiger charge is 2.27. The number of carbonyl (C=O) groups is 2. The molecule has 3 N–H and O–H groups in total. The van der Waals surface area contributed by atoms with Gasteiger partial charge >= 0.3 is 6.03 Å². The van der Waals surface area contributed by atoms with Crippen LogP contribution in [0.5, 0.6) is 0 Å². The van der Waals surface area contributed by atoms with Gasteiger partial charge in [-0.25, -0.2) is 4.79 Å². The molecule has 0 aliphatic carbocycles. The van der Waals surface area contributed by atoms with Gasteiger partial charge in [0.25, 0.3) is 5.91 Å². The minimum absolute atomic E-state index is 0.443. The Labute approximate surface area is 164 Å². The predicted octanol–water partition coefficient (Wildman–Crippen LogP) is 0.800. The fraction of sp³-hybridized carbons (Fsp3) is 0.450. The summed E-state index contributed by atoms with van der Waals surface area (Å²) in [5, 5.41) is 17.6. The van der Waals surface area contributed by atoms with Gasteiger partial charge in [-0.15, -0.1) is 0 Å². The maximum Gasteiger partial charge on any atom is 0.322 e. The summed E-state index contributed by atoms with van der Waals surface area (Å²) in [6.45, 7) is 6.86. The van der Waals surface area contributed by atoms with Crippen LogP contribution in [0.4, 0.5) is 4.79 Å². The normalized spacial score (nSPS) is 20.4. The van der Waals surface area contributed by atoms with Crippen molar-refractivity contribution in [3.63, 3.8) is 0 Å². The van der Waals surface area contributed by atoms with Crippen molar-refractivity contribution >= 4 is 17.8 Å². The molecule has 1 aromatic carbocycles. The molecule has 3 amide bonds. The summed E-state index contributed by atoms with van der Waals surface area (Å²) < 4.78 is 0. The first-order chi connectivity index (χ1) is 13.6. The van der Waals surface area contributed by atoms with Crippen LogP contribution in [0.2, 0.25) is 0 Å². The average Bonchev–Trinajstić information content (AvgIpc) is 3.04. The molecule has 2 aliphatic rings. The standard InChI is InChI=1S/C20H25N5O3/c1-2-3-10-24-11-13-25(14-12-24)18(23-28)16-7-4-15(5-8-16)6-9-17-19(26)22-20(27)21-17/h4-5,7-8,17,28H,2-3,10-14H2,1H3,(H2,21,22,26,27)/b23-18-/t17-/m0/s1. The van der Waals surface area contributed by atoms with Crippen LogP contribution in [0.15, 0.2) is 29.4 Å². The lowest BCUT2D eigenvalue weighted by molar-refractivity contribution is -0.119. The highest BCUT2D eigenvalue weighted by Crippen LogP contribution is 2.12. The highest BCUT2D eigenvalue weighted by molar-refractivity contribution is 6.05. The van der Waals surface area contributed by atoms with Crippen molar-refractivity contribution in [2.24, 2.45) is 5.16 Å². The van der Waals surface area contributed by atoms with Crippen molar-refractivity contribution in [2.45, 2.75) is 25.8 Å². The van der Waals surface area contributed by atoms with Crippen LogP contribution in [0, 0.1) is 11.8 Å². The molecule has 0 aromatic heterocycles. The number of nitrogens with zero attached hydrogens (tertiary/aromatic N) is 3. The van der Waals surface area contributed by atoms with E-state index in [0.717, 1.165) is 38.3 Å². The zero-order valence-corrected chi connectivity index (χ0v) is 15.9. The van der Waals surface area contributed by atoms with Crippen LogP contribution >= 0.6 is 0 Å². The van der Waals surface area contributed by atoms with Crippen molar-refractivity contribution in [2.75, 3.05) is 32.7 Å². The molecule has 1 aromatic rings. The van der Waals surface area contributed by atoms with Gasteiger partial charge in [-0.05, 0) is 37.2 Å². The zero-order chi connectivity index (χ0) is 19.9. The first-order valence-electron chi connectivity index (χ1n) is 9.53. The van der Waals surface area contributed by atoms with E-state index in [-0.39, 0.29) is 0 Å². The Bertz CT molecular complexity index is 801. The van der Waals surface area contributed by atoms with Crippen LogP contribution in [0.25, 0.3) is 0 Å². The number of imide groups is 1. The number of carbonyl (C=O) groups excluding carboxylic acids is 2. The van der Waals surface area contributed by atoms with Crippen molar-refractivity contribution in [3.8, 4) is 11.8 Å². The Morgan fingerprint density at radius 1 is 1.21 bits per heavy atom. The van der Waals surface area contributed by atoms with Gasteiger partial charge in [0.05, 0.1) is 0 Å². The number of hydrogen-bond acceptors (Lipinski definition) is 5. The number of benzene rings is 1. The molecule has 1 atom stereocenters. The Morgan fingerprint density at radius 2 is 1.93 bits per heavy atom. The second kappa shape index (κ2) is 9.24. The van der Waals surface area contributed by atoms with Crippen LogP contribution in [0.1, 0.15) is 30.9 Å². The number of amides is 3. The minimum atomic E-state index is -0.828. The number of rotatable bonds is 4. The Balaban J connectivity index is 1.61. The van der Waals surface area contributed by atoms with E-state index in [0.29, 0.717) is 11.4 Å². The van der Waals surface area contributed by atoms with Gasteiger partial charge < -0.3 is 15.4 Å². The lowest BCUT2D eigenvalue weighted by Gasteiger charge is -2.36. The summed E-state index contributed by atoms with van der Waals surface area (Å²) in [6.07, 6.45) is 2.40. The number of hydrogen-bond donors (Lipinski definition) is 3. The van der Waals surface area contributed by atoms with E-state index in [1.54, 1.807) is 12.1 Å². The molecule has 0 spiro atoms. The summed E-state index contributed by atoms with van der Waals surface area (Å²) in [5.74, 6) is 5.72.